The lowest BCUT2D eigenvalue weighted by atomic mass is 10.3. The summed E-state index contributed by atoms with van der Waals surface area (Å²) >= 11 is 5.55. The third-order valence-electron chi connectivity index (χ3n) is 1.56. The van der Waals surface area contributed by atoms with Crippen molar-refractivity contribution in [2.24, 2.45) is 0 Å². The van der Waals surface area contributed by atoms with Crippen molar-refractivity contribution in [1.29, 1.82) is 0 Å². The van der Waals surface area contributed by atoms with Crippen molar-refractivity contribution < 1.29 is 9.90 Å². The normalized spacial score (nSPS) is 12.5. The number of carbonyl (C=O) groups is 1. The number of aromatic nitrogens is 2. The van der Waals surface area contributed by atoms with Gasteiger partial charge in [0.15, 0.2) is 0 Å². The molecule has 0 bridgehead atoms. The van der Waals surface area contributed by atoms with Crippen LogP contribution in [0.1, 0.15) is 13.0 Å². The molecule has 5 nitrogen and oxygen atoms in total. The molecule has 70 valence electrons. The number of nitrogens with zero attached hydrogens (tertiary/aromatic N) is 2. The summed E-state index contributed by atoms with van der Waals surface area (Å²) in [5.41, 5.74) is -0.626. The number of aliphatic carboxylic acids is 1. The highest BCUT2D eigenvalue weighted by Gasteiger charge is 2.14. The molecule has 1 N–H and O–H groups in total. The predicted molar refractivity (Wildman–Crippen MR) is 45.9 cm³/mol. The van der Waals surface area contributed by atoms with Crippen LogP contribution in [0.15, 0.2) is 17.2 Å². The van der Waals surface area contributed by atoms with Gasteiger partial charge in [0.05, 0.1) is 11.2 Å². The fourth-order valence-electron chi connectivity index (χ4n) is 0.801. The Morgan fingerprint density at radius 2 is 2.38 bits per heavy atom. The summed E-state index contributed by atoms with van der Waals surface area (Å²) in [4.78, 5) is 25.0. The summed E-state index contributed by atoms with van der Waals surface area (Å²) in [6, 6.07) is -0.960. The van der Waals surface area contributed by atoms with Crippen molar-refractivity contribution in [2.45, 2.75) is 13.0 Å². The predicted octanol–water partition coefficient (Wildman–Crippen LogP) is 0.542. The molecule has 0 aliphatic carbocycles. The maximum atomic E-state index is 11.0. The molecular weight excluding hydrogens is 196 g/mol. The first kappa shape index (κ1) is 9.73. The van der Waals surface area contributed by atoms with Crippen molar-refractivity contribution in [3.05, 3.63) is 27.9 Å². The summed E-state index contributed by atoms with van der Waals surface area (Å²) < 4.78 is 0.963. The monoisotopic (exact) mass is 202 g/mol. The van der Waals surface area contributed by atoms with E-state index in [0.29, 0.717) is 0 Å². The molecule has 0 aliphatic heterocycles. The third-order valence-corrected chi connectivity index (χ3v) is 1.75. The van der Waals surface area contributed by atoms with Gasteiger partial charge in [-0.2, -0.15) is 4.98 Å². The molecule has 0 fully saturated rings. The Balaban J connectivity index is 3.21. The third kappa shape index (κ3) is 2.06. The minimum atomic E-state index is -1.11. The van der Waals surface area contributed by atoms with Crippen LogP contribution in [-0.2, 0) is 4.79 Å². The number of hydrogen-bond acceptors (Lipinski definition) is 3. The molecule has 0 amide bonds. The van der Waals surface area contributed by atoms with Gasteiger partial charge in [-0.25, -0.2) is 9.59 Å². The van der Waals surface area contributed by atoms with E-state index in [-0.39, 0.29) is 5.02 Å². The van der Waals surface area contributed by atoms with Crippen molar-refractivity contribution in [3.8, 4) is 0 Å². The Labute approximate surface area is 78.6 Å². The first-order valence-electron chi connectivity index (χ1n) is 3.49. The van der Waals surface area contributed by atoms with E-state index < -0.39 is 17.7 Å². The van der Waals surface area contributed by atoms with E-state index in [1.165, 1.54) is 19.3 Å². The van der Waals surface area contributed by atoms with Crippen LogP contribution < -0.4 is 5.69 Å². The van der Waals surface area contributed by atoms with E-state index in [0.717, 1.165) is 4.57 Å². The Hall–Kier alpha value is -1.36. The Bertz CT molecular complexity index is 388. The van der Waals surface area contributed by atoms with Crippen LogP contribution in [0.4, 0.5) is 0 Å². The Morgan fingerprint density at radius 1 is 1.77 bits per heavy atom. The molecule has 1 unspecified atom stereocenters. The summed E-state index contributed by atoms with van der Waals surface area (Å²) in [6.07, 6.45) is 2.42. The molecule has 0 aromatic carbocycles. The summed E-state index contributed by atoms with van der Waals surface area (Å²) in [6.45, 7) is 1.38. The average Bonchev–Trinajstić information content (AvgIpc) is 2.08. The lowest BCUT2D eigenvalue weighted by Gasteiger charge is -2.08. The van der Waals surface area contributed by atoms with Crippen molar-refractivity contribution in [2.75, 3.05) is 0 Å². The number of halogens is 1. The minimum absolute atomic E-state index is 0.229. The minimum Gasteiger partial charge on any atom is -0.480 e. The van der Waals surface area contributed by atoms with Crippen LogP contribution in [0.3, 0.4) is 0 Å². The fraction of sp³-hybridized carbons (Fsp3) is 0.286. The molecule has 13 heavy (non-hydrogen) atoms. The summed E-state index contributed by atoms with van der Waals surface area (Å²) in [5, 5.41) is 8.85. The topological polar surface area (TPSA) is 72.2 Å². The molecule has 0 radical (unpaired) electrons. The molecule has 1 rings (SSSR count). The van der Waals surface area contributed by atoms with Gasteiger partial charge in [0.25, 0.3) is 0 Å². The molecule has 1 atom stereocenters. The molecule has 1 aromatic heterocycles. The molecule has 0 saturated heterocycles. The van der Waals surface area contributed by atoms with Gasteiger partial charge in [0, 0.05) is 6.20 Å². The second-order valence-electron chi connectivity index (χ2n) is 2.48. The van der Waals surface area contributed by atoms with E-state index in [4.69, 9.17) is 16.7 Å². The maximum absolute atomic E-state index is 11.0. The highest BCUT2D eigenvalue weighted by Crippen LogP contribution is 2.06. The lowest BCUT2D eigenvalue weighted by molar-refractivity contribution is -0.140. The fourth-order valence-corrected chi connectivity index (χ4v) is 0.955. The first-order valence-corrected chi connectivity index (χ1v) is 3.86. The van der Waals surface area contributed by atoms with Crippen molar-refractivity contribution >= 4 is 17.6 Å². The van der Waals surface area contributed by atoms with E-state index in [2.05, 4.69) is 4.98 Å². The van der Waals surface area contributed by atoms with Gasteiger partial charge < -0.3 is 5.11 Å². The van der Waals surface area contributed by atoms with E-state index in [1.54, 1.807) is 0 Å². The Kier molecular flexibility index (Phi) is 2.67. The van der Waals surface area contributed by atoms with Crippen LogP contribution in [-0.4, -0.2) is 20.6 Å². The molecule has 1 aromatic rings. The van der Waals surface area contributed by atoms with Gasteiger partial charge in [0.2, 0.25) is 0 Å². The maximum Gasteiger partial charge on any atom is 0.348 e. The average molecular weight is 203 g/mol. The van der Waals surface area contributed by atoms with Gasteiger partial charge >= 0.3 is 11.7 Å². The van der Waals surface area contributed by atoms with Crippen LogP contribution in [0.5, 0.6) is 0 Å². The van der Waals surface area contributed by atoms with Crippen LogP contribution in [0, 0.1) is 0 Å². The van der Waals surface area contributed by atoms with Crippen LogP contribution in [0.25, 0.3) is 0 Å². The highest BCUT2D eigenvalue weighted by molar-refractivity contribution is 6.30. The lowest BCUT2D eigenvalue weighted by Crippen LogP contribution is -2.29. The number of rotatable bonds is 2. The smallest absolute Gasteiger partial charge is 0.348 e. The molecule has 0 saturated carbocycles. The number of hydrogen-bond donors (Lipinski definition) is 1. The van der Waals surface area contributed by atoms with Gasteiger partial charge in [-0.05, 0) is 6.92 Å². The Morgan fingerprint density at radius 3 is 2.92 bits per heavy atom. The highest BCUT2D eigenvalue weighted by atomic mass is 35.5. The number of carboxylic acid groups (broad SMARTS) is 1. The molecular formula is C7H7ClN2O3. The van der Waals surface area contributed by atoms with E-state index in [1.807, 2.05) is 0 Å². The quantitative estimate of drug-likeness (QED) is 0.760. The van der Waals surface area contributed by atoms with Gasteiger partial charge in [-0.3, -0.25) is 4.57 Å². The van der Waals surface area contributed by atoms with Crippen LogP contribution >= 0.6 is 11.6 Å². The second-order valence-corrected chi connectivity index (χ2v) is 2.91. The standard InChI is InChI=1S/C7H7ClN2O3/c1-4(6(11)12)10-3-5(8)2-9-7(10)13/h2-4H,1H3,(H,11,12). The summed E-state index contributed by atoms with van der Waals surface area (Å²) in [5.74, 6) is -1.11. The zero-order chi connectivity index (χ0) is 10.0. The first-order chi connectivity index (χ1) is 6.02. The largest absolute Gasteiger partial charge is 0.480 e. The SMILES string of the molecule is CC(C(=O)O)n1cc(Cl)cnc1=O. The van der Waals surface area contributed by atoms with Gasteiger partial charge in [-0.15, -0.1) is 0 Å². The molecule has 0 spiro atoms. The molecule has 6 heteroatoms. The summed E-state index contributed by atoms with van der Waals surface area (Å²) in [7, 11) is 0. The zero-order valence-corrected chi connectivity index (χ0v) is 7.52. The molecule has 1 heterocycles. The number of carboxylic acids is 1. The zero-order valence-electron chi connectivity index (χ0n) is 6.77. The van der Waals surface area contributed by atoms with E-state index >= 15 is 0 Å². The second kappa shape index (κ2) is 3.57. The van der Waals surface area contributed by atoms with E-state index in [9.17, 15) is 9.59 Å². The van der Waals surface area contributed by atoms with Crippen LogP contribution in [0.2, 0.25) is 5.02 Å². The van der Waals surface area contributed by atoms with Crippen molar-refractivity contribution in [1.82, 2.24) is 9.55 Å². The van der Waals surface area contributed by atoms with Crippen molar-refractivity contribution in [3.63, 3.8) is 0 Å². The van der Waals surface area contributed by atoms with Gasteiger partial charge in [-0.1, -0.05) is 11.6 Å². The molecule has 0 aliphatic rings. The van der Waals surface area contributed by atoms with Gasteiger partial charge in [0.1, 0.15) is 6.04 Å².